The molecule has 0 radical (unpaired) electrons. The molecule has 0 atom stereocenters. The molecule has 0 aliphatic rings. The molecule has 0 fully saturated rings. The summed E-state index contributed by atoms with van der Waals surface area (Å²) in [4.78, 5) is 23.7. The zero-order valence-electron chi connectivity index (χ0n) is 13.0. The lowest BCUT2D eigenvalue weighted by atomic mass is 10.2. The van der Waals surface area contributed by atoms with Crippen molar-refractivity contribution in [3.05, 3.63) is 57.7 Å². The summed E-state index contributed by atoms with van der Waals surface area (Å²) >= 11 is 2.19. The highest BCUT2D eigenvalue weighted by Gasteiger charge is 2.14. The lowest BCUT2D eigenvalue weighted by Gasteiger charge is -2.10. The van der Waals surface area contributed by atoms with Crippen molar-refractivity contribution in [1.82, 2.24) is 5.43 Å². The zero-order chi connectivity index (χ0) is 17.4. The fraction of sp³-hybridized carbons (Fsp3) is 0.118. The third-order valence-electron chi connectivity index (χ3n) is 2.89. The predicted molar refractivity (Wildman–Crippen MR) is 101 cm³/mol. The molecule has 2 N–H and O–H groups in total. The molecular formula is C17H16IN3O3. The van der Waals surface area contributed by atoms with E-state index >= 15 is 0 Å². The number of hydrazone groups is 1. The van der Waals surface area contributed by atoms with Crippen molar-refractivity contribution in [3.63, 3.8) is 0 Å². The fourth-order valence-corrected chi connectivity index (χ4v) is 2.15. The van der Waals surface area contributed by atoms with Gasteiger partial charge in [-0.25, -0.2) is 5.43 Å². The van der Waals surface area contributed by atoms with Gasteiger partial charge in [0.15, 0.2) is 0 Å². The average Bonchev–Trinajstić information content (AvgIpc) is 2.58. The van der Waals surface area contributed by atoms with Gasteiger partial charge < -0.3 is 10.1 Å². The summed E-state index contributed by atoms with van der Waals surface area (Å²) < 4.78 is 6.49. The van der Waals surface area contributed by atoms with Gasteiger partial charge in [-0.1, -0.05) is 24.3 Å². The van der Waals surface area contributed by atoms with Gasteiger partial charge in [0, 0.05) is 3.57 Å². The Morgan fingerprint density at radius 3 is 2.54 bits per heavy atom. The van der Waals surface area contributed by atoms with Crippen LogP contribution < -0.4 is 15.5 Å². The summed E-state index contributed by atoms with van der Waals surface area (Å²) in [5.74, 6) is -1.17. The normalized spacial score (nSPS) is 10.4. The number of rotatable bonds is 5. The van der Waals surface area contributed by atoms with Crippen LogP contribution in [0.4, 0.5) is 5.69 Å². The van der Waals surface area contributed by atoms with Crippen molar-refractivity contribution < 1.29 is 14.3 Å². The van der Waals surface area contributed by atoms with E-state index in [9.17, 15) is 9.59 Å². The zero-order valence-corrected chi connectivity index (χ0v) is 15.1. The highest BCUT2D eigenvalue weighted by atomic mass is 127. The van der Waals surface area contributed by atoms with Gasteiger partial charge in [-0.15, -0.1) is 0 Å². The molecule has 2 aromatic carbocycles. The Hall–Kier alpha value is -2.42. The Kier molecular flexibility index (Phi) is 6.74. The number of nitrogens with one attached hydrogen (secondary N) is 2. The number of anilines is 1. The van der Waals surface area contributed by atoms with E-state index in [1.54, 1.807) is 24.3 Å². The Balaban J connectivity index is 1.93. The molecular weight excluding hydrogens is 421 g/mol. The van der Waals surface area contributed by atoms with Crippen molar-refractivity contribution in [2.45, 2.75) is 6.92 Å². The Bertz CT molecular complexity index is 745. The van der Waals surface area contributed by atoms with Crippen molar-refractivity contribution in [2.75, 3.05) is 11.9 Å². The minimum absolute atomic E-state index is 0.432. The second-order valence-corrected chi connectivity index (χ2v) is 5.88. The molecule has 0 unspecified atom stereocenters. The molecule has 0 bridgehead atoms. The minimum Gasteiger partial charge on any atom is -0.492 e. The van der Waals surface area contributed by atoms with Crippen LogP contribution in [0.2, 0.25) is 0 Å². The van der Waals surface area contributed by atoms with Gasteiger partial charge in [0.05, 0.1) is 18.5 Å². The van der Waals surface area contributed by atoms with E-state index in [2.05, 4.69) is 38.4 Å². The first-order valence-electron chi connectivity index (χ1n) is 7.22. The molecule has 0 aliphatic carbocycles. The predicted octanol–water partition coefficient (Wildman–Crippen LogP) is 2.78. The first-order valence-corrected chi connectivity index (χ1v) is 8.30. The maximum atomic E-state index is 11.9. The molecule has 124 valence electrons. The van der Waals surface area contributed by atoms with Crippen LogP contribution in [-0.4, -0.2) is 24.6 Å². The largest absolute Gasteiger partial charge is 0.492 e. The fourth-order valence-electron chi connectivity index (χ4n) is 1.80. The molecule has 6 nitrogen and oxygen atoms in total. The van der Waals surface area contributed by atoms with Crippen molar-refractivity contribution >= 4 is 46.3 Å². The van der Waals surface area contributed by atoms with Gasteiger partial charge in [0.1, 0.15) is 5.75 Å². The van der Waals surface area contributed by atoms with Crippen molar-refractivity contribution in [2.24, 2.45) is 5.10 Å². The van der Waals surface area contributed by atoms with E-state index in [0.29, 0.717) is 18.0 Å². The number of nitrogens with zero attached hydrogens (tertiary/aromatic N) is 1. The van der Waals surface area contributed by atoms with Gasteiger partial charge in [-0.3, -0.25) is 9.59 Å². The molecule has 2 amide bonds. The number of hydrogen-bond donors (Lipinski definition) is 2. The number of para-hydroxylation sites is 2. The smallest absolute Gasteiger partial charge is 0.329 e. The van der Waals surface area contributed by atoms with Crippen molar-refractivity contribution in [3.8, 4) is 5.75 Å². The molecule has 0 heterocycles. The van der Waals surface area contributed by atoms with Crippen LogP contribution in [0.25, 0.3) is 0 Å². The number of halogens is 1. The topological polar surface area (TPSA) is 79.8 Å². The summed E-state index contributed by atoms with van der Waals surface area (Å²) in [5, 5.41) is 6.27. The second kappa shape index (κ2) is 9.02. The SMILES string of the molecule is CCOc1ccccc1NC(=O)C(=O)N/N=C/c1ccc(I)cc1. The maximum absolute atomic E-state index is 11.9. The second-order valence-electron chi connectivity index (χ2n) is 4.63. The highest BCUT2D eigenvalue weighted by molar-refractivity contribution is 14.1. The Labute approximate surface area is 153 Å². The van der Waals surface area contributed by atoms with Crippen LogP contribution in [0.1, 0.15) is 12.5 Å². The number of hydrogen-bond acceptors (Lipinski definition) is 4. The highest BCUT2D eigenvalue weighted by Crippen LogP contribution is 2.23. The molecule has 0 saturated heterocycles. The maximum Gasteiger partial charge on any atom is 0.329 e. The number of carbonyl (C=O) groups excluding carboxylic acids is 2. The summed E-state index contributed by atoms with van der Waals surface area (Å²) in [7, 11) is 0. The number of amides is 2. The number of carbonyl (C=O) groups is 2. The van der Waals surface area contributed by atoms with Crippen molar-refractivity contribution in [1.29, 1.82) is 0 Å². The van der Waals surface area contributed by atoms with Gasteiger partial charge in [0.2, 0.25) is 0 Å². The third kappa shape index (κ3) is 5.34. The summed E-state index contributed by atoms with van der Waals surface area (Å²) in [6, 6.07) is 14.4. The van der Waals surface area contributed by atoms with Crippen LogP contribution >= 0.6 is 22.6 Å². The molecule has 0 aromatic heterocycles. The van der Waals surface area contributed by atoms with E-state index in [1.165, 1.54) is 6.21 Å². The number of benzene rings is 2. The summed E-state index contributed by atoms with van der Waals surface area (Å²) in [6.07, 6.45) is 1.47. The van der Waals surface area contributed by atoms with E-state index in [-0.39, 0.29) is 0 Å². The van der Waals surface area contributed by atoms with Gasteiger partial charge in [-0.2, -0.15) is 5.10 Å². The summed E-state index contributed by atoms with van der Waals surface area (Å²) in [5.41, 5.74) is 3.44. The van der Waals surface area contributed by atoms with E-state index < -0.39 is 11.8 Å². The molecule has 0 spiro atoms. The molecule has 0 aliphatic heterocycles. The lowest BCUT2D eigenvalue weighted by Crippen LogP contribution is -2.32. The molecule has 7 heteroatoms. The minimum atomic E-state index is -0.858. The first kappa shape index (κ1) is 17.9. The van der Waals surface area contributed by atoms with E-state index in [0.717, 1.165) is 9.13 Å². The van der Waals surface area contributed by atoms with Gasteiger partial charge in [-0.05, 0) is 59.3 Å². The Morgan fingerprint density at radius 2 is 1.83 bits per heavy atom. The third-order valence-corrected chi connectivity index (χ3v) is 3.61. The van der Waals surface area contributed by atoms with Crippen LogP contribution in [0.5, 0.6) is 5.75 Å². The molecule has 24 heavy (non-hydrogen) atoms. The molecule has 0 saturated carbocycles. The first-order chi connectivity index (χ1) is 11.6. The Morgan fingerprint density at radius 1 is 1.12 bits per heavy atom. The van der Waals surface area contributed by atoms with Crippen LogP contribution in [-0.2, 0) is 9.59 Å². The molecule has 2 rings (SSSR count). The lowest BCUT2D eigenvalue weighted by molar-refractivity contribution is -0.136. The summed E-state index contributed by atoms with van der Waals surface area (Å²) in [6.45, 7) is 2.30. The van der Waals surface area contributed by atoms with Gasteiger partial charge >= 0.3 is 11.8 Å². The van der Waals surface area contributed by atoms with Gasteiger partial charge in [0.25, 0.3) is 0 Å². The standard InChI is InChI=1S/C17H16IN3O3/c1-2-24-15-6-4-3-5-14(15)20-16(22)17(23)21-19-11-12-7-9-13(18)10-8-12/h3-11H,2H2,1H3,(H,20,22)(H,21,23)/b19-11+. The van der Waals surface area contributed by atoms with Crippen LogP contribution in [0.15, 0.2) is 53.6 Å². The monoisotopic (exact) mass is 437 g/mol. The van der Waals surface area contributed by atoms with Crippen LogP contribution in [0, 0.1) is 3.57 Å². The van der Waals surface area contributed by atoms with Crippen LogP contribution in [0.3, 0.4) is 0 Å². The molecule has 2 aromatic rings. The van der Waals surface area contributed by atoms with E-state index in [1.807, 2.05) is 31.2 Å². The average molecular weight is 437 g/mol. The quantitative estimate of drug-likeness (QED) is 0.327. The van der Waals surface area contributed by atoms with E-state index in [4.69, 9.17) is 4.74 Å². The number of ether oxygens (including phenoxy) is 1.